The summed E-state index contributed by atoms with van der Waals surface area (Å²) in [4.78, 5) is 18.4. The third kappa shape index (κ3) is 3.39. The number of piperidine rings is 1. The number of benzene rings is 1. The van der Waals surface area contributed by atoms with Crippen molar-refractivity contribution in [2.75, 3.05) is 29.0 Å². The van der Waals surface area contributed by atoms with Crippen molar-refractivity contribution in [3.05, 3.63) is 35.3 Å². The molecule has 1 fully saturated rings. The minimum atomic E-state index is -0.229. The van der Waals surface area contributed by atoms with E-state index >= 15 is 0 Å². The Hall–Kier alpha value is -2.08. The van der Waals surface area contributed by atoms with Crippen LogP contribution in [-0.4, -0.2) is 24.0 Å². The highest BCUT2D eigenvalue weighted by Gasteiger charge is 2.16. The van der Waals surface area contributed by atoms with Gasteiger partial charge in [0.2, 0.25) is 0 Å². The van der Waals surface area contributed by atoms with Gasteiger partial charge < -0.3 is 16.0 Å². The maximum atomic E-state index is 12.0. The van der Waals surface area contributed by atoms with E-state index in [-0.39, 0.29) is 5.91 Å². The molecule has 1 aromatic heterocycles. The van der Waals surface area contributed by atoms with Crippen molar-refractivity contribution in [3.8, 4) is 0 Å². The van der Waals surface area contributed by atoms with Gasteiger partial charge in [0.05, 0.1) is 0 Å². The average molecular weight is 316 g/mol. The lowest BCUT2D eigenvalue weighted by Crippen LogP contribution is -2.32. The highest BCUT2D eigenvalue weighted by molar-refractivity contribution is 7.13. The van der Waals surface area contributed by atoms with Crippen molar-refractivity contribution in [1.82, 2.24) is 4.98 Å². The molecule has 0 atom stereocenters. The number of nitrogens with one attached hydrogen (secondary N) is 1. The normalized spacial score (nSPS) is 15.8. The van der Waals surface area contributed by atoms with E-state index in [1.807, 2.05) is 12.1 Å². The van der Waals surface area contributed by atoms with Crippen LogP contribution in [0, 0.1) is 5.92 Å². The molecule has 1 aliphatic rings. The fourth-order valence-corrected chi connectivity index (χ4v) is 3.15. The van der Waals surface area contributed by atoms with E-state index in [2.05, 4.69) is 34.3 Å². The molecule has 6 heteroatoms. The van der Waals surface area contributed by atoms with Gasteiger partial charge in [0, 0.05) is 29.8 Å². The minimum absolute atomic E-state index is 0.229. The number of aromatic nitrogens is 1. The maximum absolute atomic E-state index is 12.0. The molecule has 5 nitrogen and oxygen atoms in total. The van der Waals surface area contributed by atoms with E-state index in [1.54, 1.807) is 5.38 Å². The first-order valence-electron chi connectivity index (χ1n) is 7.49. The van der Waals surface area contributed by atoms with Gasteiger partial charge in [-0.2, -0.15) is 0 Å². The topological polar surface area (TPSA) is 71.2 Å². The van der Waals surface area contributed by atoms with E-state index in [1.165, 1.54) is 29.9 Å². The zero-order valence-corrected chi connectivity index (χ0v) is 13.4. The molecular formula is C16H20N4OS. The highest BCUT2D eigenvalue weighted by atomic mass is 32.1. The van der Waals surface area contributed by atoms with Gasteiger partial charge >= 0.3 is 0 Å². The third-order valence-corrected chi connectivity index (χ3v) is 4.70. The number of anilines is 3. The Balaban J connectivity index is 1.63. The van der Waals surface area contributed by atoms with Crippen LogP contribution >= 0.6 is 11.3 Å². The maximum Gasteiger partial charge on any atom is 0.275 e. The quantitative estimate of drug-likeness (QED) is 0.912. The monoisotopic (exact) mass is 316 g/mol. The molecular weight excluding hydrogens is 296 g/mol. The van der Waals surface area contributed by atoms with Gasteiger partial charge in [0.1, 0.15) is 5.69 Å². The molecule has 3 N–H and O–H groups in total. The number of thiazole rings is 1. The number of carbonyl (C=O) groups excluding carboxylic acids is 1. The number of hydrogen-bond donors (Lipinski definition) is 2. The molecule has 0 radical (unpaired) electrons. The average Bonchev–Trinajstić information content (AvgIpc) is 2.96. The molecule has 0 bridgehead atoms. The fraction of sp³-hybridized carbons (Fsp3) is 0.375. The van der Waals surface area contributed by atoms with Gasteiger partial charge in [-0.25, -0.2) is 4.98 Å². The summed E-state index contributed by atoms with van der Waals surface area (Å²) in [5, 5.41) is 4.90. The smallest absolute Gasteiger partial charge is 0.275 e. The molecule has 1 aromatic carbocycles. The summed E-state index contributed by atoms with van der Waals surface area (Å²) in [6, 6.07) is 7.98. The van der Waals surface area contributed by atoms with Crippen LogP contribution in [0.4, 0.5) is 16.5 Å². The van der Waals surface area contributed by atoms with Crippen molar-refractivity contribution in [2.45, 2.75) is 19.8 Å². The van der Waals surface area contributed by atoms with E-state index in [4.69, 9.17) is 5.73 Å². The Bertz CT molecular complexity index is 644. The van der Waals surface area contributed by atoms with Crippen molar-refractivity contribution in [2.24, 2.45) is 5.92 Å². The largest absolute Gasteiger partial charge is 0.375 e. The highest BCUT2D eigenvalue weighted by Crippen LogP contribution is 2.24. The van der Waals surface area contributed by atoms with Crippen LogP contribution in [0.3, 0.4) is 0 Å². The summed E-state index contributed by atoms with van der Waals surface area (Å²) >= 11 is 1.26. The van der Waals surface area contributed by atoms with Gasteiger partial charge in [-0.05, 0) is 43.0 Å². The molecule has 2 heterocycles. The summed E-state index contributed by atoms with van der Waals surface area (Å²) in [7, 11) is 0. The lowest BCUT2D eigenvalue weighted by atomic mass is 9.99. The number of nitrogens with zero attached hydrogens (tertiary/aromatic N) is 2. The van der Waals surface area contributed by atoms with Gasteiger partial charge in [0.25, 0.3) is 5.91 Å². The SMILES string of the molecule is CC1CCN(c2ccc(NC(=O)c3csc(N)n3)cc2)CC1. The summed E-state index contributed by atoms with van der Waals surface area (Å²) < 4.78 is 0. The van der Waals surface area contributed by atoms with Gasteiger partial charge in [-0.1, -0.05) is 6.92 Å². The predicted octanol–water partition coefficient (Wildman–Crippen LogP) is 3.21. The summed E-state index contributed by atoms with van der Waals surface area (Å²) in [6.07, 6.45) is 2.48. The van der Waals surface area contributed by atoms with Crippen LogP contribution in [0.15, 0.2) is 29.6 Å². The zero-order chi connectivity index (χ0) is 15.5. The first-order chi connectivity index (χ1) is 10.6. The van der Waals surface area contributed by atoms with E-state index < -0.39 is 0 Å². The van der Waals surface area contributed by atoms with Crippen LogP contribution in [0.2, 0.25) is 0 Å². The molecule has 1 aliphatic heterocycles. The number of carbonyl (C=O) groups is 1. The van der Waals surface area contributed by atoms with E-state index in [9.17, 15) is 4.79 Å². The minimum Gasteiger partial charge on any atom is -0.375 e. The molecule has 1 saturated heterocycles. The second-order valence-electron chi connectivity index (χ2n) is 5.74. The van der Waals surface area contributed by atoms with Gasteiger partial charge in [-0.15, -0.1) is 11.3 Å². The first-order valence-corrected chi connectivity index (χ1v) is 8.37. The van der Waals surface area contributed by atoms with E-state index in [0.717, 1.165) is 24.7 Å². The molecule has 0 spiro atoms. The van der Waals surface area contributed by atoms with Crippen LogP contribution < -0.4 is 16.0 Å². The van der Waals surface area contributed by atoms with E-state index in [0.29, 0.717) is 10.8 Å². The van der Waals surface area contributed by atoms with Crippen molar-refractivity contribution >= 4 is 33.8 Å². The zero-order valence-electron chi connectivity index (χ0n) is 12.6. The van der Waals surface area contributed by atoms with Crippen LogP contribution in [0.25, 0.3) is 0 Å². The molecule has 22 heavy (non-hydrogen) atoms. The Morgan fingerprint density at radius 2 is 2.00 bits per heavy atom. The fourth-order valence-electron chi connectivity index (χ4n) is 2.61. The molecule has 116 valence electrons. The molecule has 2 aromatic rings. The van der Waals surface area contributed by atoms with Gasteiger partial charge in [0.15, 0.2) is 5.13 Å². The Morgan fingerprint density at radius 1 is 1.32 bits per heavy atom. The van der Waals surface area contributed by atoms with Gasteiger partial charge in [-0.3, -0.25) is 4.79 Å². The number of nitrogens with two attached hydrogens (primary N) is 1. The summed E-state index contributed by atoms with van der Waals surface area (Å²) in [5.74, 6) is 0.591. The Labute approximate surface area is 134 Å². The number of rotatable bonds is 3. The molecule has 0 saturated carbocycles. The second kappa shape index (κ2) is 6.36. The summed E-state index contributed by atoms with van der Waals surface area (Å²) in [5.41, 5.74) is 7.88. The van der Waals surface area contributed by atoms with Crippen molar-refractivity contribution < 1.29 is 4.79 Å². The third-order valence-electron chi connectivity index (χ3n) is 4.03. The first kappa shape index (κ1) is 14.8. The number of amides is 1. The molecule has 3 rings (SSSR count). The second-order valence-corrected chi connectivity index (χ2v) is 6.63. The van der Waals surface area contributed by atoms with Crippen LogP contribution in [0.1, 0.15) is 30.3 Å². The Kier molecular flexibility index (Phi) is 4.29. The van der Waals surface area contributed by atoms with Crippen LogP contribution in [-0.2, 0) is 0 Å². The lowest BCUT2D eigenvalue weighted by Gasteiger charge is -2.32. The van der Waals surface area contributed by atoms with Crippen molar-refractivity contribution in [1.29, 1.82) is 0 Å². The Morgan fingerprint density at radius 3 is 2.59 bits per heavy atom. The number of hydrogen-bond acceptors (Lipinski definition) is 5. The van der Waals surface area contributed by atoms with Crippen molar-refractivity contribution in [3.63, 3.8) is 0 Å². The predicted molar refractivity (Wildman–Crippen MR) is 91.5 cm³/mol. The summed E-state index contributed by atoms with van der Waals surface area (Å²) in [6.45, 7) is 4.51. The molecule has 0 unspecified atom stereocenters. The number of nitrogen functional groups attached to an aromatic ring is 1. The standard InChI is InChI=1S/C16H20N4OS/c1-11-6-8-20(9-7-11)13-4-2-12(3-5-13)18-15(21)14-10-22-16(17)19-14/h2-5,10-11H,6-9H2,1H3,(H2,17,19)(H,18,21). The molecule has 0 aliphatic carbocycles. The molecule has 1 amide bonds. The lowest BCUT2D eigenvalue weighted by molar-refractivity contribution is 0.102. The van der Waals surface area contributed by atoms with Crippen LogP contribution in [0.5, 0.6) is 0 Å².